The zero-order valence-electron chi connectivity index (χ0n) is 22.3. The van der Waals surface area contributed by atoms with Gasteiger partial charge in [0.2, 0.25) is 5.91 Å². The standard InChI is InChI=1S/C29H30ClF2N3O3S/c1-6-23(36)35-15(3)10-34(11-16(35)4)28-19-7-14(2)24(18-8-20(30)22(32)9-21(18)31)27-26(19)25(29(37)33-28)17(12-38-5)13-39-27/h6-9,15-17,25H,1,10-13H2,2-5H3/t15-,16+,17-,25?/m0/s1. The Morgan fingerprint density at radius 2 is 1.90 bits per heavy atom. The molecule has 2 aromatic carbocycles. The van der Waals surface area contributed by atoms with Crippen molar-refractivity contribution in [2.24, 2.45) is 10.9 Å². The molecule has 2 aromatic rings. The molecule has 3 aliphatic heterocycles. The van der Waals surface area contributed by atoms with Crippen molar-refractivity contribution in [2.75, 3.05) is 32.6 Å². The summed E-state index contributed by atoms with van der Waals surface area (Å²) in [6.07, 6.45) is 1.32. The number of carbonyl (C=O) groups is 2. The number of benzene rings is 2. The SMILES string of the molecule is C=CC(=O)N1[C@H](C)CN(C2=NC(=O)C3c4c2cc(C)c(-c2cc(Cl)c(F)cc2F)c4SC[C@@H]3COC)C[C@@H]1C. The average molecular weight is 574 g/mol. The molecule has 0 bridgehead atoms. The molecule has 0 radical (unpaired) electrons. The Labute approximate surface area is 236 Å². The summed E-state index contributed by atoms with van der Waals surface area (Å²) in [7, 11) is 1.60. The van der Waals surface area contributed by atoms with E-state index in [0.29, 0.717) is 36.8 Å². The molecular weight excluding hydrogens is 544 g/mol. The van der Waals surface area contributed by atoms with Gasteiger partial charge in [0.05, 0.1) is 17.5 Å². The number of amides is 2. The molecule has 0 saturated carbocycles. The van der Waals surface area contributed by atoms with Crippen molar-refractivity contribution in [1.29, 1.82) is 0 Å². The topological polar surface area (TPSA) is 62.2 Å². The van der Waals surface area contributed by atoms with E-state index in [1.165, 1.54) is 12.1 Å². The van der Waals surface area contributed by atoms with Gasteiger partial charge in [0.25, 0.3) is 5.91 Å². The van der Waals surface area contributed by atoms with Gasteiger partial charge in [0.1, 0.15) is 17.5 Å². The number of hydrogen-bond donors (Lipinski definition) is 0. The van der Waals surface area contributed by atoms with E-state index < -0.39 is 17.6 Å². The number of carbonyl (C=O) groups excluding carboxylic acids is 2. The lowest BCUT2D eigenvalue weighted by atomic mass is 9.78. The predicted molar refractivity (Wildman–Crippen MR) is 149 cm³/mol. The summed E-state index contributed by atoms with van der Waals surface area (Å²) in [5.74, 6) is -1.44. The highest BCUT2D eigenvalue weighted by Crippen LogP contribution is 2.51. The Morgan fingerprint density at radius 1 is 1.21 bits per heavy atom. The first-order valence-corrected chi connectivity index (χ1v) is 14.2. The number of methoxy groups -OCH3 is 1. The van der Waals surface area contributed by atoms with Gasteiger partial charge in [-0.3, -0.25) is 9.59 Å². The summed E-state index contributed by atoms with van der Waals surface area (Å²) >= 11 is 7.62. The highest BCUT2D eigenvalue weighted by Gasteiger charge is 2.44. The van der Waals surface area contributed by atoms with Crippen molar-refractivity contribution >= 4 is 41.0 Å². The van der Waals surface area contributed by atoms with Crippen molar-refractivity contribution in [3.8, 4) is 11.1 Å². The number of aliphatic imine (C=N–C) groups is 1. The van der Waals surface area contributed by atoms with Gasteiger partial charge in [-0.15, -0.1) is 11.8 Å². The minimum absolute atomic E-state index is 0.110. The Morgan fingerprint density at radius 3 is 2.54 bits per heavy atom. The number of nitrogens with zero attached hydrogens (tertiary/aromatic N) is 3. The molecule has 1 unspecified atom stereocenters. The fraction of sp³-hybridized carbons (Fsp3) is 0.414. The first kappa shape index (κ1) is 27.8. The van der Waals surface area contributed by atoms with E-state index in [1.54, 1.807) is 23.8 Å². The van der Waals surface area contributed by atoms with Gasteiger partial charge >= 0.3 is 0 Å². The van der Waals surface area contributed by atoms with Crippen LogP contribution < -0.4 is 0 Å². The van der Waals surface area contributed by atoms with Crippen molar-refractivity contribution in [3.05, 3.63) is 64.2 Å². The molecule has 0 aliphatic carbocycles. The van der Waals surface area contributed by atoms with Crippen molar-refractivity contribution < 1.29 is 23.1 Å². The molecule has 1 saturated heterocycles. The van der Waals surface area contributed by atoms with Crippen LogP contribution in [0, 0.1) is 24.5 Å². The summed E-state index contributed by atoms with van der Waals surface area (Å²) in [5.41, 5.74) is 3.19. The van der Waals surface area contributed by atoms with Crippen LogP contribution in [0.5, 0.6) is 0 Å². The Bertz CT molecular complexity index is 1400. The third kappa shape index (κ3) is 4.68. The van der Waals surface area contributed by atoms with Gasteiger partial charge in [-0.25, -0.2) is 8.78 Å². The zero-order valence-corrected chi connectivity index (χ0v) is 23.8. The van der Waals surface area contributed by atoms with Crippen LogP contribution in [-0.4, -0.2) is 72.1 Å². The van der Waals surface area contributed by atoms with Crippen molar-refractivity contribution in [1.82, 2.24) is 9.80 Å². The number of amidine groups is 1. The van der Waals surface area contributed by atoms with Crippen LogP contribution in [0.4, 0.5) is 8.78 Å². The van der Waals surface area contributed by atoms with Crippen LogP contribution in [-0.2, 0) is 14.3 Å². The maximum absolute atomic E-state index is 15.2. The number of thioether (sulfide) groups is 1. The monoisotopic (exact) mass is 573 g/mol. The van der Waals surface area contributed by atoms with Crippen molar-refractivity contribution in [3.63, 3.8) is 0 Å². The van der Waals surface area contributed by atoms with Gasteiger partial charge < -0.3 is 14.5 Å². The third-order valence-electron chi connectivity index (χ3n) is 7.77. The van der Waals surface area contributed by atoms with E-state index in [-0.39, 0.29) is 40.4 Å². The molecule has 0 aromatic heterocycles. The largest absolute Gasteiger partial charge is 0.384 e. The number of ether oxygens (including phenoxy) is 1. The highest BCUT2D eigenvalue weighted by atomic mass is 35.5. The number of rotatable bonds is 4. The van der Waals surface area contributed by atoms with E-state index in [9.17, 15) is 14.0 Å². The molecule has 39 heavy (non-hydrogen) atoms. The van der Waals surface area contributed by atoms with Gasteiger partial charge in [0.15, 0.2) is 0 Å². The summed E-state index contributed by atoms with van der Waals surface area (Å²) in [6, 6.07) is 3.80. The second-order valence-corrected chi connectivity index (χ2v) is 11.9. The van der Waals surface area contributed by atoms with Gasteiger partial charge in [0, 0.05) is 71.6 Å². The summed E-state index contributed by atoms with van der Waals surface area (Å²) in [6.45, 7) is 10.8. The molecule has 3 aliphatic rings. The minimum Gasteiger partial charge on any atom is -0.384 e. The number of aryl methyl sites for hydroxylation is 1. The van der Waals surface area contributed by atoms with Gasteiger partial charge in [-0.1, -0.05) is 18.2 Å². The van der Waals surface area contributed by atoms with Gasteiger partial charge in [-0.05, 0) is 50.1 Å². The molecule has 5 rings (SSSR count). The zero-order chi connectivity index (χ0) is 28.2. The molecule has 3 heterocycles. The average Bonchev–Trinajstić information content (AvgIpc) is 2.88. The maximum atomic E-state index is 15.2. The predicted octanol–water partition coefficient (Wildman–Crippen LogP) is 5.44. The molecular formula is C29H30ClF2N3O3S. The second-order valence-electron chi connectivity index (χ2n) is 10.4. The summed E-state index contributed by atoms with van der Waals surface area (Å²) in [5, 5.41) is -0.168. The maximum Gasteiger partial charge on any atom is 0.255 e. The fourth-order valence-corrected chi connectivity index (χ4v) is 7.85. The van der Waals surface area contributed by atoms with Crippen LogP contribution in [0.2, 0.25) is 5.02 Å². The lowest BCUT2D eigenvalue weighted by molar-refractivity contribution is -0.132. The molecule has 206 valence electrons. The number of piperazine rings is 1. The van der Waals surface area contributed by atoms with Crippen LogP contribution in [0.25, 0.3) is 11.1 Å². The van der Waals surface area contributed by atoms with E-state index in [0.717, 1.165) is 27.7 Å². The number of hydrogen-bond acceptors (Lipinski definition) is 5. The summed E-state index contributed by atoms with van der Waals surface area (Å²) in [4.78, 5) is 35.4. The van der Waals surface area contributed by atoms with Crippen LogP contribution >= 0.6 is 23.4 Å². The molecule has 6 nitrogen and oxygen atoms in total. The molecule has 2 amide bonds. The van der Waals surface area contributed by atoms with Crippen molar-refractivity contribution in [2.45, 2.75) is 43.7 Å². The Balaban J connectivity index is 1.67. The molecule has 1 fully saturated rings. The normalized spacial score (nSPS) is 24.4. The second kappa shape index (κ2) is 10.7. The lowest BCUT2D eigenvalue weighted by Crippen LogP contribution is -2.60. The minimum atomic E-state index is -0.824. The smallest absolute Gasteiger partial charge is 0.255 e. The molecule has 4 atom stereocenters. The molecule has 0 spiro atoms. The molecule has 0 N–H and O–H groups in total. The first-order valence-electron chi connectivity index (χ1n) is 12.8. The lowest BCUT2D eigenvalue weighted by Gasteiger charge is -2.46. The number of halogens is 3. The van der Waals surface area contributed by atoms with Crippen LogP contribution in [0.3, 0.4) is 0 Å². The Hall–Kier alpha value is -2.75. The van der Waals surface area contributed by atoms with E-state index in [2.05, 4.69) is 16.5 Å². The first-order chi connectivity index (χ1) is 18.6. The molecule has 10 heteroatoms. The van der Waals surface area contributed by atoms with E-state index >= 15 is 4.39 Å². The third-order valence-corrected chi connectivity index (χ3v) is 9.37. The summed E-state index contributed by atoms with van der Waals surface area (Å²) < 4.78 is 34.6. The Kier molecular flexibility index (Phi) is 7.61. The van der Waals surface area contributed by atoms with E-state index in [4.69, 9.17) is 16.3 Å². The van der Waals surface area contributed by atoms with Crippen LogP contribution in [0.15, 0.2) is 40.7 Å². The van der Waals surface area contributed by atoms with Gasteiger partial charge in [-0.2, -0.15) is 4.99 Å². The fourth-order valence-electron chi connectivity index (χ4n) is 6.21. The highest BCUT2D eigenvalue weighted by molar-refractivity contribution is 7.99. The quantitative estimate of drug-likeness (QED) is 0.360. The van der Waals surface area contributed by atoms with Crippen LogP contribution in [0.1, 0.15) is 36.5 Å². The van der Waals surface area contributed by atoms with E-state index in [1.807, 2.05) is 26.8 Å².